The van der Waals surface area contributed by atoms with E-state index in [9.17, 15) is 0 Å². The molecule has 1 aliphatic heterocycles. The van der Waals surface area contributed by atoms with Crippen molar-refractivity contribution < 1.29 is 0 Å². The molecule has 72 valence electrons. The van der Waals surface area contributed by atoms with E-state index in [-0.39, 0.29) is 0 Å². The number of hydrazone groups is 1. The first-order chi connectivity index (χ1) is 6.93. The van der Waals surface area contributed by atoms with Crippen LogP contribution in [0.25, 0.3) is 0 Å². The number of pyridine rings is 1. The highest BCUT2D eigenvalue weighted by Crippen LogP contribution is 2.38. The fraction of sp³-hybridized carbons (Fsp3) is 0.400. The SMILES string of the molecule is c1ccc(N2CSC(C3CC3)=N2)nc1. The van der Waals surface area contributed by atoms with Crippen molar-refractivity contribution in [3.63, 3.8) is 0 Å². The Labute approximate surface area is 87.2 Å². The Morgan fingerprint density at radius 2 is 2.29 bits per heavy atom. The summed E-state index contributed by atoms with van der Waals surface area (Å²) in [5, 5.41) is 7.86. The molecule has 0 unspecified atom stereocenters. The van der Waals surface area contributed by atoms with Crippen LogP contribution in [0.4, 0.5) is 5.82 Å². The van der Waals surface area contributed by atoms with Crippen LogP contribution in [0.3, 0.4) is 0 Å². The minimum Gasteiger partial charge on any atom is -0.237 e. The molecule has 4 heteroatoms. The Bertz CT molecular complexity index is 359. The second-order valence-electron chi connectivity index (χ2n) is 3.57. The average Bonchev–Trinajstić information content (AvgIpc) is 2.98. The van der Waals surface area contributed by atoms with E-state index < -0.39 is 0 Å². The maximum absolute atomic E-state index is 4.57. The van der Waals surface area contributed by atoms with E-state index in [2.05, 4.69) is 10.1 Å². The zero-order valence-corrected chi connectivity index (χ0v) is 8.57. The topological polar surface area (TPSA) is 28.5 Å². The third-order valence-electron chi connectivity index (χ3n) is 2.39. The van der Waals surface area contributed by atoms with Crippen molar-refractivity contribution in [3.8, 4) is 0 Å². The molecule has 0 N–H and O–H groups in total. The Morgan fingerprint density at radius 3 is 3.00 bits per heavy atom. The van der Waals surface area contributed by atoms with Gasteiger partial charge in [-0.25, -0.2) is 9.99 Å². The third kappa shape index (κ3) is 1.50. The van der Waals surface area contributed by atoms with E-state index in [1.54, 1.807) is 0 Å². The van der Waals surface area contributed by atoms with Gasteiger partial charge < -0.3 is 0 Å². The first kappa shape index (κ1) is 8.29. The summed E-state index contributed by atoms with van der Waals surface area (Å²) in [6, 6.07) is 5.93. The van der Waals surface area contributed by atoms with Crippen LogP contribution in [0.5, 0.6) is 0 Å². The molecule has 1 aromatic heterocycles. The number of rotatable bonds is 2. The molecule has 3 rings (SSSR count). The number of thioether (sulfide) groups is 1. The summed E-state index contributed by atoms with van der Waals surface area (Å²) >= 11 is 1.85. The highest BCUT2D eigenvalue weighted by Gasteiger charge is 2.32. The highest BCUT2D eigenvalue weighted by molar-refractivity contribution is 8.14. The fourth-order valence-electron chi connectivity index (χ4n) is 1.46. The molecule has 14 heavy (non-hydrogen) atoms. The van der Waals surface area contributed by atoms with Gasteiger partial charge in [-0.2, -0.15) is 5.10 Å². The van der Waals surface area contributed by atoms with E-state index >= 15 is 0 Å². The van der Waals surface area contributed by atoms with Gasteiger partial charge in [-0.1, -0.05) is 17.8 Å². The third-order valence-corrected chi connectivity index (χ3v) is 3.48. The van der Waals surface area contributed by atoms with Crippen molar-refractivity contribution in [2.75, 3.05) is 10.9 Å². The van der Waals surface area contributed by atoms with E-state index in [4.69, 9.17) is 0 Å². The molecule has 0 saturated heterocycles. The van der Waals surface area contributed by atoms with Crippen LogP contribution in [0, 0.1) is 5.92 Å². The quantitative estimate of drug-likeness (QED) is 0.741. The predicted octanol–water partition coefficient (Wildman–Crippen LogP) is 2.32. The summed E-state index contributed by atoms with van der Waals surface area (Å²) in [6.07, 6.45) is 4.45. The lowest BCUT2D eigenvalue weighted by Gasteiger charge is -2.09. The summed E-state index contributed by atoms with van der Waals surface area (Å²) in [4.78, 5) is 4.28. The molecule has 0 radical (unpaired) electrons. The molecule has 1 saturated carbocycles. The van der Waals surface area contributed by atoms with Crippen molar-refractivity contribution in [3.05, 3.63) is 24.4 Å². The first-order valence-corrected chi connectivity index (χ1v) is 5.82. The van der Waals surface area contributed by atoms with Crippen molar-refractivity contribution in [1.29, 1.82) is 0 Å². The van der Waals surface area contributed by atoms with E-state index in [0.717, 1.165) is 17.6 Å². The molecule has 1 fully saturated rings. The zero-order valence-electron chi connectivity index (χ0n) is 7.76. The van der Waals surface area contributed by atoms with Crippen molar-refractivity contribution >= 4 is 22.6 Å². The lowest BCUT2D eigenvalue weighted by molar-refractivity contribution is 0.962. The Hall–Kier alpha value is -1.03. The van der Waals surface area contributed by atoms with Crippen molar-refractivity contribution in [2.24, 2.45) is 11.0 Å². The van der Waals surface area contributed by atoms with Crippen molar-refractivity contribution in [1.82, 2.24) is 4.98 Å². The minimum atomic E-state index is 0.758. The summed E-state index contributed by atoms with van der Waals surface area (Å²) in [5.41, 5.74) is 0. The van der Waals surface area contributed by atoms with Crippen LogP contribution >= 0.6 is 11.8 Å². The van der Waals surface area contributed by atoms with Gasteiger partial charge in [0.1, 0.15) is 5.82 Å². The van der Waals surface area contributed by atoms with E-state index in [1.165, 1.54) is 17.9 Å². The lowest BCUT2D eigenvalue weighted by Crippen LogP contribution is -2.11. The van der Waals surface area contributed by atoms with Crippen LogP contribution in [-0.2, 0) is 0 Å². The van der Waals surface area contributed by atoms with Crippen LogP contribution in [0.2, 0.25) is 0 Å². The van der Waals surface area contributed by atoms with Gasteiger partial charge >= 0.3 is 0 Å². The minimum absolute atomic E-state index is 0.758. The molecule has 0 bridgehead atoms. The second-order valence-corrected chi connectivity index (χ2v) is 4.54. The van der Waals surface area contributed by atoms with Gasteiger partial charge in [-0.3, -0.25) is 0 Å². The van der Waals surface area contributed by atoms with Gasteiger partial charge in [0.05, 0.1) is 10.9 Å². The van der Waals surface area contributed by atoms with E-state index in [0.29, 0.717) is 0 Å². The Kier molecular flexibility index (Phi) is 1.94. The molecule has 1 aliphatic carbocycles. The number of aromatic nitrogens is 1. The van der Waals surface area contributed by atoms with Gasteiger partial charge in [0, 0.05) is 12.1 Å². The van der Waals surface area contributed by atoms with Gasteiger partial charge in [0.25, 0.3) is 0 Å². The maximum atomic E-state index is 4.57. The van der Waals surface area contributed by atoms with Gasteiger partial charge in [-0.05, 0) is 25.0 Å². The molecule has 0 aromatic carbocycles. The molecule has 1 aromatic rings. The standard InChI is InChI=1S/C10H11N3S/c1-2-6-11-9(3-1)13-7-14-10(12-13)8-4-5-8/h1-3,6,8H,4-5,7H2. The summed E-state index contributed by atoms with van der Waals surface area (Å²) in [6.45, 7) is 0. The van der Waals surface area contributed by atoms with Crippen LogP contribution in [0.1, 0.15) is 12.8 Å². The lowest BCUT2D eigenvalue weighted by atomic mass is 10.4. The second kappa shape index (κ2) is 3.28. The van der Waals surface area contributed by atoms with Gasteiger partial charge in [0.2, 0.25) is 0 Å². The van der Waals surface area contributed by atoms with Crippen LogP contribution < -0.4 is 5.01 Å². The van der Waals surface area contributed by atoms with Gasteiger partial charge in [0.15, 0.2) is 0 Å². The van der Waals surface area contributed by atoms with Gasteiger partial charge in [-0.15, -0.1) is 0 Å². The number of hydrogen-bond acceptors (Lipinski definition) is 4. The number of nitrogens with zero attached hydrogens (tertiary/aromatic N) is 3. The maximum Gasteiger partial charge on any atom is 0.149 e. The molecular weight excluding hydrogens is 194 g/mol. The molecule has 3 nitrogen and oxygen atoms in total. The molecular formula is C10H11N3S. The Balaban J connectivity index is 1.81. The van der Waals surface area contributed by atoms with E-state index in [1.807, 2.05) is 41.2 Å². The number of hydrogen-bond donors (Lipinski definition) is 0. The number of anilines is 1. The first-order valence-electron chi connectivity index (χ1n) is 4.83. The zero-order chi connectivity index (χ0) is 9.38. The summed E-state index contributed by atoms with van der Waals surface area (Å²) in [5.74, 6) is 2.63. The van der Waals surface area contributed by atoms with Crippen LogP contribution in [-0.4, -0.2) is 15.9 Å². The monoisotopic (exact) mass is 205 g/mol. The molecule has 2 heterocycles. The normalized spacial score (nSPS) is 21.1. The molecule has 0 amide bonds. The molecule has 0 spiro atoms. The fourth-order valence-corrected chi connectivity index (χ4v) is 2.53. The Morgan fingerprint density at radius 1 is 1.36 bits per heavy atom. The average molecular weight is 205 g/mol. The molecule has 0 atom stereocenters. The highest BCUT2D eigenvalue weighted by atomic mass is 32.2. The van der Waals surface area contributed by atoms with Crippen molar-refractivity contribution in [2.45, 2.75) is 12.8 Å². The summed E-state index contributed by atoms with van der Waals surface area (Å²) in [7, 11) is 0. The largest absolute Gasteiger partial charge is 0.237 e. The molecule has 2 aliphatic rings. The predicted molar refractivity (Wildman–Crippen MR) is 59.3 cm³/mol. The summed E-state index contributed by atoms with van der Waals surface area (Å²) < 4.78 is 0. The smallest absolute Gasteiger partial charge is 0.149 e. The van der Waals surface area contributed by atoms with Crippen LogP contribution in [0.15, 0.2) is 29.5 Å².